The highest BCUT2D eigenvalue weighted by molar-refractivity contribution is 6.02. The summed E-state index contributed by atoms with van der Waals surface area (Å²) in [6.07, 6.45) is 2.08. The number of benzene rings is 2. The standard InChI is InChI=1S/C21H18FNO5/c22-15-5-3-14(4-6-15)21(8-1-9-21)20(26)28-11-17(24)13-2-7-18-16(10-13)23-19(25)12-27-18/h2-7,10H,1,8-9,11-12H2,(H,23,25). The van der Waals surface area contributed by atoms with Gasteiger partial charge in [-0.3, -0.25) is 14.4 Å². The van der Waals surface area contributed by atoms with E-state index in [4.69, 9.17) is 9.47 Å². The number of esters is 1. The number of amides is 1. The van der Waals surface area contributed by atoms with E-state index >= 15 is 0 Å². The van der Waals surface area contributed by atoms with Crippen molar-refractivity contribution in [2.24, 2.45) is 0 Å². The van der Waals surface area contributed by atoms with Crippen LogP contribution in [0.1, 0.15) is 35.2 Å². The summed E-state index contributed by atoms with van der Waals surface area (Å²) < 4.78 is 23.8. The summed E-state index contributed by atoms with van der Waals surface area (Å²) in [5.74, 6) is -1.05. The van der Waals surface area contributed by atoms with Gasteiger partial charge in [-0.25, -0.2) is 4.39 Å². The van der Waals surface area contributed by atoms with E-state index in [0.717, 1.165) is 6.42 Å². The highest BCUT2D eigenvalue weighted by Crippen LogP contribution is 2.44. The van der Waals surface area contributed by atoms with Crippen LogP contribution in [0.25, 0.3) is 0 Å². The van der Waals surface area contributed by atoms with E-state index in [1.54, 1.807) is 24.3 Å². The largest absolute Gasteiger partial charge is 0.482 e. The Hall–Kier alpha value is -3.22. The van der Waals surface area contributed by atoms with Crippen LogP contribution in [0.15, 0.2) is 42.5 Å². The van der Waals surface area contributed by atoms with Gasteiger partial charge in [0.2, 0.25) is 0 Å². The van der Waals surface area contributed by atoms with Crippen molar-refractivity contribution in [3.8, 4) is 5.75 Å². The number of rotatable bonds is 5. The Morgan fingerprint density at radius 3 is 2.57 bits per heavy atom. The molecule has 0 unspecified atom stereocenters. The molecule has 1 aliphatic heterocycles. The summed E-state index contributed by atoms with van der Waals surface area (Å²) in [5, 5.41) is 2.63. The molecule has 7 heteroatoms. The van der Waals surface area contributed by atoms with Gasteiger partial charge in [-0.2, -0.15) is 0 Å². The molecule has 1 N–H and O–H groups in total. The highest BCUT2D eigenvalue weighted by Gasteiger charge is 2.47. The third kappa shape index (κ3) is 3.24. The number of fused-ring (bicyclic) bond motifs is 1. The van der Waals surface area contributed by atoms with Crippen molar-refractivity contribution in [2.75, 3.05) is 18.5 Å². The lowest BCUT2D eigenvalue weighted by Gasteiger charge is -2.39. The molecule has 1 heterocycles. The van der Waals surface area contributed by atoms with E-state index in [0.29, 0.717) is 35.4 Å². The number of hydrogen-bond acceptors (Lipinski definition) is 5. The Balaban J connectivity index is 1.44. The van der Waals surface area contributed by atoms with E-state index in [1.165, 1.54) is 18.2 Å². The second kappa shape index (κ2) is 7.07. The van der Waals surface area contributed by atoms with Gasteiger partial charge in [-0.15, -0.1) is 0 Å². The predicted octanol–water partition coefficient (Wildman–Crippen LogP) is 3.00. The Morgan fingerprint density at radius 1 is 1.14 bits per heavy atom. The van der Waals surface area contributed by atoms with E-state index in [9.17, 15) is 18.8 Å². The minimum atomic E-state index is -0.814. The minimum absolute atomic E-state index is 0.0661. The molecule has 1 fully saturated rings. The van der Waals surface area contributed by atoms with Crippen LogP contribution in [0.2, 0.25) is 0 Å². The summed E-state index contributed by atoms with van der Waals surface area (Å²) in [7, 11) is 0. The quantitative estimate of drug-likeness (QED) is 0.634. The van der Waals surface area contributed by atoms with Crippen molar-refractivity contribution in [2.45, 2.75) is 24.7 Å². The van der Waals surface area contributed by atoms with Gasteiger partial charge in [-0.1, -0.05) is 18.6 Å². The summed E-state index contributed by atoms with van der Waals surface area (Å²) in [4.78, 5) is 36.6. The maximum atomic E-state index is 13.2. The first-order valence-electron chi connectivity index (χ1n) is 9.01. The van der Waals surface area contributed by atoms with Crippen molar-refractivity contribution in [1.29, 1.82) is 0 Å². The maximum Gasteiger partial charge on any atom is 0.317 e. The normalized spacial score (nSPS) is 16.8. The van der Waals surface area contributed by atoms with Crippen LogP contribution < -0.4 is 10.1 Å². The molecule has 1 amide bonds. The average molecular weight is 383 g/mol. The molecule has 2 aromatic carbocycles. The molecule has 0 atom stereocenters. The van der Waals surface area contributed by atoms with E-state index in [-0.39, 0.29) is 24.1 Å². The fraction of sp³-hybridized carbons (Fsp3) is 0.286. The second-order valence-corrected chi connectivity index (χ2v) is 6.99. The molecule has 0 spiro atoms. The zero-order valence-corrected chi connectivity index (χ0v) is 15.0. The molecule has 0 bridgehead atoms. The maximum absolute atomic E-state index is 13.2. The van der Waals surface area contributed by atoms with Gasteiger partial charge < -0.3 is 14.8 Å². The van der Waals surface area contributed by atoms with Crippen molar-refractivity contribution < 1.29 is 28.2 Å². The fourth-order valence-electron chi connectivity index (χ4n) is 3.52. The SMILES string of the molecule is O=C1COc2ccc(C(=O)COC(=O)C3(c4ccc(F)cc4)CCC3)cc2N1. The fourth-order valence-corrected chi connectivity index (χ4v) is 3.52. The van der Waals surface area contributed by atoms with Crippen LogP contribution in [0.3, 0.4) is 0 Å². The van der Waals surface area contributed by atoms with Crippen molar-refractivity contribution in [3.05, 3.63) is 59.4 Å². The molecule has 0 saturated heterocycles. The predicted molar refractivity (Wildman–Crippen MR) is 97.8 cm³/mol. The number of anilines is 1. The molecule has 4 rings (SSSR count). The molecule has 2 aromatic rings. The molecule has 0 radical (unpaired) electrons. The summed E-state index contributed by atoms with van der Waals surface area (Å²) in [5.41, 5.74) is 0.606. The lowest BCUT2D eigenvalue weighted by Crippen LogP contribution is -2.44. The van der Waals surface area contributed by atoms with Gasteiger partial charge in [0.1, 0.15) is 11.6 Å². The molecule has 0 aromatic heterocycles. The van der Waals surface area contributed by atoms with Crippen molar-refractivity contribution >= 4 is 23.3 Å². The highest BCUT2D eigenvalue weighted by atomic mass is 19.1. The third-order valence-corrected chi connectivity index (χ3v) is 5.26. The number of halogens is 1. The summed E-state index contributed by atoms with van der Waals surface area (Å²) in [6.45, 7) is -0.473. The first-order chi connectivity index (χ1) is 13.5. The van der Waals surface area contributed by atoms with Gasteiger partial charge in [0.25, 0.3) is 5.91 Å². The van der Waals surface area contributed by atoms with Crippen molar-refractivity contribution in [1.82, 2.24) is 0 Å². The molecular formula is C21H18FNO5. The van der Waals surface area contributed by atoms with Crippen LogP contribution in [0, 0.1) is 5.82 Å². The number of ketones is 1. The average Bonchev–Trinajstić information content (AvgIpc) is 2.66. The van der Waals surface area contributed by atoms with Gasteiger partial charge in [-0.05, 0) is 48.7 Å². The topological polar surface area (TPSA) is 81.7 Å². The monoisotopic (exact) mass is 383 g/mol. The molecule has 1 saturated carbocycles. The molecule has 144 valence electrons. The second-order valence-electron chi connectivity index (χ2n) is 6.99. The molecular weight excluding hydrogens is 365 g/mol. The molecule has 1 aliphatic carbocycles. The lowest BCUT2D eigenvalue weighted by atomic mass is 9.64. The summed E-state index contributed by atoms with van der Waals surface area (Å²) in [6, 6.07) is 10.5. The number of ether oxygens (including phenoxy) is 2. The Bertz CT molecular complexity index is 950. The first-order valence-corrected chi connectivity index (χ1v) is 9.01. The Kier molecular flexibility index (Phi) is 4.58. The lowest BCUT2D eigenvalue weighted by molar-refractivity contribution is -0.153. The summed E-state index contributed by atoms with van der Waals surface area (Å²) >= 11 is 0. The zero-order chi connectivity index (χ0) is 19.7. The molecule has 2 aliphatic rings. The first kappa shape index (κ1) is 18.2. The van der Waals surface area contributed by atoms with Gasteiger partial charge in [0, 0.05) is 5.56 Å². The van der Waals surface area contributed by atoms with Crippen LogP contribution >= 0.6 is 0 Å². The third-order valence-electron chi connectivity index (χ3n) is 5.26. The van der Waals surface area contributed by atoms with Gasteiger partial charge in [0.05, 0.1) is 11.1 Å². The zero-order valence-electron chi connectivity index (χ0n) is 15.0. The molecule has 28 heavy (non-hydrogen) atoms. The van der Waals surface area contributed by atoms with Gasteiger partial charge >= 0.3 is 5.97 Å². The number of carbonyl (C=O) groups is 3. The smallest absolute Gasteiger partial charge is 0.317 e. The van der Waals surface area contributed by atoms with E-state index in [1.807, 2.05) is 0 Å². The number of Topliss-reactive ketones (excluding diaryl/α,β-unsaturated/α-hetero) is 1. The van der Waals surface area contributed by atoms with Crippen molar-refractivity contribution in [3.63, 3.8) is 0 Å². The van der Waals surface area contributed by atoms with Crippen LogP contribution in [-0.2, 0) is 19.7 Å². The van der Waals surface area contributed by atoms with E-state index in [2.05, 4.69) is 5.32 Å². The Labute approximate surface area is 160 Å². The van der Waals surface area contributed by atoms with Crippen LogP contribution in [-0.4, -0.2) is 30.9 Å². The number of nitrogens with one attached hydrogen (secondary N) is 1. The van der Waals surface area contributed by atoms with Gasteiger partial charge in [0.15, 0.2) is 19.0 Å². The van der Waals surface area contributed by atoms with Crippen LogP contribution in [0.4, 0.5) is 10.1 Å². The Morgan fingerprint density at radius 2 is 1.89 bits per heavy atom. The van der Waals surface area contributed by atoms with E-state index < -0.39 is 18.0 Å². The number of carbonyl (C=O) groups excluding carboxylic acids is 3. The number of hydrogen-bond donors (Lipinski definition) is 1. The molecule has 6 nitrogen and oxygen atoms in total. The minimum Gasteiger partial charge on any atom is -0.482 e. The van der Waals surface area contributed by atoms with Crippen LogP contribution in [0.5, 0.6) is 5.75 Å².